The van der Waals surface area contributed by atoms with Gasteiger partial charge in [-0.15, -0.1) is 0 Å². The third kappa shape index (κ3) is 3.25. The van der Waals surface area contributed by atoms with Crippen LogP contribution in [0.1, 0.15) is 25.0 Å². The number of halogens is 2. The molecule has 0 aliphatic rings. The maximum Gasteiger partial charge on any atom is 0.381 e. The van der Waals surface area contributed by atoms with Gasteiger partial charge in [0, 0.05) is 5.56 Å². The van der Waals surface area contributed by atoms with Gasteiger partial charge in [-0.25, -0.2) is 4.79 Å². The molecular formula is C13H16F2O2. The van der Waals surface area contributed by atoms with Gasteiger partial charge < -0.3 is 4.74 Å². The van der Waals surface area contributed by atoms with Crippen molar-refractivity contribution in [2.45, 2.75) is 26.2 Å². The molecule has 94 valence electrons. The Labute approximate surface area is 99.6 Å². The number of esters is 1. The Morgan fingerprint density at radius 2 is 1.82 bits per heavy atom. The maximum atomic E-state index is 13.5. The first-order valence-electron chi connectivity index (χ1n) is 5.43. The molecule has 0 saturated carbocycles. The second-order valence-corrected chi connectivity index (χ2v) is 4.36. The first kappa shape index (κ1) is 13.6. The smallest absolute Gasteiger partial charge is 0.381 e. The molecule has 1 rings (SSSR count). The Morgan fingerprint density at radius 3 is 2.24 bits per heavy atom. The van der Waals surface area contributed by atoms with Crippen molar-refractivity contribution in [2.24, 2.45) is 5.92 Å². The molecule has 4 heteroatoms. The summed E-state index contributed by atoms with van der Waals surface area (Å²) in [7, 11) is 0.948. The molecule has 0 saturated heterocycles. The summed E-state index contributed by atoms with van der Waals surface area (Å²) in [4.78, 5) is 10.9. The molecule has 0 heterocycles. The lowest BCUT2D eigenvalue weighted by molar-refractivity contribution is -0.170. The summed E-state index contributed by atoms with van der Waals surface area (Å²) in [5.74, 6) is -4.65. The number of carbonyl (C=O) groups is 1. The van der Waals surface area contributed by atoms with Crippen LogP contribution in [0.15, 0.2) is 24.3 Å². The Morgan fingerprint density at radius 1 is 1.29 bits per heavy atom. The average molecular weight is 242 g/mol. The highest BCUT2D eigenvalue weighted by Gasteiger charge is 2.42. The van der Waals surface area contributed by atoms with E-state index in [9.17, 15) is 13.6 Å². The van der Waals surface area contributed by atoms with Crippen LogP contribution in [0.4, 0.5) is 8.78 Å². The van der Waals surface area contributed by atoms with Crippen molar-refractivity contribution >= 4 is 5.97 Å². The molecular weight excluding hydrogens is 226 g/mol. The number of carbonyl (C=O) groups excluding carboxylic acids is 1. The summed E-state index contributed by atoms with van der Waals surface area (Å²) >= 11 is 0. The van der Waals surface area contributed by atoms with Crippen molar-refractivity contribution in [1.82, 2.24) is 0 Å². The van der Waals surface area contributed by atoms with E-state index >= 15 is 0 Å². The molecule has 0 radical (unpaired) electrons. The van der Waals surface area contributed by atoms with Crippen molar-refractivity contribution in [1.29, 1.82) is 0 Å². The minimum atomic E-state index is -3.58. The second kappa shape index (κ2) is 5.25. The predicted octanol–water partition coefficient (Wildman–Crippen LogP) is 3.15. The fourth-order valence-corrected chi connectivity index (χ4v) is 1.57. The minimum Gasteiger partial charge on any atom is -0.464 e. The number of methoxy groups -OCH3 is 1. The summed E-state index contributed by atoms with van der Waals surface area (Å²) in [6, 6.07) is 5.78. The van der Waals surface area contributed by atoms with E-state index in [1.54, 1.807) is 12.1 Å². The van der Waals surface area contributed by atoms with Gasteiger partial charge in [-0.05, 0) is 17.9 Å². The van der Waals surface area contributed by atoms with Crippen LogP contribution in [-0.4, -0.2) is 13.1 Å². The zero-order valence-corrected chi connectivity index (χ0v) is 10.2. The molecule has 0 amide bonds. The first-order valence-corrected chi connectivity index (χ1v) is 5.43. The quantitative estimate of drug-likeness (QED) is 0.758. The van der Waals surface area contributed by atoms with E-state index in [0.717, 1.165) is 19.1 Å². The van der Waals surface area contributed by atoms with Crippen molar-refractivity contribution in [3.05, 3.63) is 35.4 Å². The molecule has 0 bridgehead atoms. The van der Waals surface area contributed by atoms with Gasteiger partial charge >= 0.3 is 11.9 Å². The number of rotatable bonds is 4. The van der Waals surface area contributed by atoms with Crippen LogP contribution < -0.4 is 0 Å². The number of alkyl halides is 2. The highest BCUT2D eigenvalue weighted by atomic mass is 19.3. The number of benzene rings is 1. The van der Waals surface area contributed by atoms with Crippen molar-refractivity contribution in [3.63, 3.8) is 0 Å². The number of hydrogen-bond donors (Lipinski definition) is 0. The molecule has 0 atom stereocenters. The van der Waals surface area contributed by atoms with Crippen LogP contribution in [0.3, 0.4) is 0 Å². The molecule has 17 heavy (non-hydrogen) atoms. The van der Waals surface area contributed by atoms with Crippen LogP contribution >= 0.6 is 0 Å². The molecule has 0 fully saturated rings. The largest absolute Gasteiger partial charge is 0.464 e. The zero-order valence-electron chi connectivity index (χ0n) is 10.2. The molecule has 0 aliphatic heterocycles. The third-order valence-electron chi connectivity index (χ3n) is 2.40. The van der Waals surface area contributed by atoms with E-state index in [1.165, 1.54) is 12.1 Å². The lowest BCUT2D eigenvalue weighted by Crippen LogP contribution is -2.27. The van der Waals surface area contributed by atoms with Crippen LogP contribution in [0.25, 0.3) is 0 Å². The Hall–Kier alpha value is -1.45. The standard InChI is InChI=1S/C13H16F2O2/c1-9(2)8-10-4-6-11(7-5-10)13(14,15)12(16)17-3/h4-7,9H,8H2,1-3H3. The van der Waals surface area contributed by atoms with Crippen LogP contribution in [0, 0.1) is 5.92 Å². The van der Waals surface area contributed by atoms with Gasteiger partial charge in [0.2, 0.25) is 0 Å². The van der Waals surface area contributed by atoms with Crippen LogP contribution in [0.5, 0.6) is 0 Å². The topological polar surface area (TPSA) is 26.3 Å². The maximum absolute atomic E-state index is 13.5. The van der Waals surface area contributed by atoms with Crippen LogP contribution in [0.2, 0.25) is 0 Å². The molecule has 0 N–H and O–H groups in total. The summed E-state index contributed by atoms with van der Waals surface area (Å²) in [5, 5.41) is 0. The van der Waals surface area contributed by atoms with E-state index in [4.69, 9.17) is 0 Å². The molecule has 1 aromatic carbocycles. The Bertz CT molecular complexity index is 383. The highest BCUT2D eigenvalue weighted by molar-refractivity contribution is 5.79. The van der Waals surface area contributed by atoms with E-state index in [1.807, 2.05) is 0 Å². The Balaban J connectivity index is 2.90. The number of ether oxygens (including phenoxy) is 1. The van der Waals surface area contributed by atoms with Crippen LogP contribution in [-0.2, 0) is 21.9 Å². The van der Waals surface area contributed by atoms with E-state index in [0.29, 0.717) is 5.92 Å². The lowest BCUT2D eigenvalue weighted by Gasteiger charge is -2.14. The van der Waals surface area contributed by atoms with Crippen molar-refractivity contribution in [3.8, 4) is 0 Å². The summed E-state index contributed by atoms with van der Waals surface area (Å²) in [5.41, 5.74) is 0.640. The zero-order chi connectivity index (χ0) is 13.1. The first-order chi connectivity index (χ1) is 7.87. The summed E-state index contributed by atoms with van der Waals surface area (Å²) < 4.78 is 31.0. The van der Waals surface area contributed by atoms with E-state index in [-0.39, 0.29) is 5.56 Å². The fraction of sp³-hybridized carbons (Fsp3) is 0.462. The molecule has 1 aromatic rings. The molecule has 2 nitrogen and oxygen atoms in total. The monoisotopic (exact) mass is 242 g/mol. The summed E-state index contributed by atoms with van der Waals surface area (Å²) in [6.07, 6.45) is 0.823. The molecule has 0 aromatic heterocycles. The SMILES string of the molecule is COC(=O)C(F)(F)c1ccc(CC(C)C)cc1. The van der Waals surface area contributed by atoms with E-state index < -0.39 is 11.9 Å². The predicted molar refractivity (Wildman–Crippen MR) is 60.9 cm³/mol. The summed E-state index contributed by atoms with van der Waals surface area (Å²) in [6.45, 7) is 4.11. The minimum absolute atomic E-state index is 0.336. The van der Waals surface area contributed by atoms with Gasteiger partial charge in [0.05, 0.1) is 7.11 Å². The highest BCUT2D eigenvalue weighted by Crippen LogP contribution is 2.29. The average Bonchev–Trinajstić information content (AvgIpc) is 2.27. The Kier molecular flexibility index (Phi) is 4.21. The number of hydrogen-bond acceptors (Lipinski definition) is 2. The normalized spacial score (nSPS) is 11.6. The second-order valence-electron chi connectivity index (χ2n) is 4.36. The van der Waals surface area contributed by atoms with Crippen molar-refractivity contribution in [2.75, 3.05) is 7.11 Å². The van der Waals surface area contributed by atoms with Gasteiger partial charge in [-0.3, -0.25) is 0 Å². The van der Waals surface area contributed by atoms with E-state index in [2.05, 4.69) is 18.6 Å². The molecule has 0 aliphatic carbocycles. The van der Waals surface area contributed by atoms with Gasteiger partial charge in [-0.2, -0.15) is 8.78 Å². The van der Waals surface area contributed by atoms with Crippen molar-refractivity contribution < 1.29 is 18.3 Å². The van der Waals surface area contributed by atoms with Gasteiger partial charge in [-0.1, -0.05) is 38.1 Å². The van der Waals surface area contributed by atoms with Gasteiger partial charge in [0.15, 0.2) is 0 Å². The third-order valence-corrected chi connectivity index (χ3v) is 2.40. The van der Waals surface area contributed by atoms with Gasteiger partial charge in [0.25, 0.3) is 0 Å². The molecule has 0 unspecified atom stereocenters. The van der Waals surface area contributed by atoms with Gasteiger partial charge in [0.1, 0.15) is 0 Å². The molecule has 0 spiro atoms. The fourth-order valence-electron chi connectivity index (χ4n) is 1.57. The lowest BCUT2D eigenvalue weighted by atomic mass is 10.00.